The molecule has 0 bridgehead atoms. The molecule has 0 spiro atoms. The van der Waals surface area contributed by atoms with E-state index in [1.807, 2.05) is 0 Å². The van der Waals surface area contributed by atoms with E-state index >= 15 is 0 Å². The van der Waals surface area contributed by atoms with Crippen molar-refractivity contribution in [3.63, 3.8) is 0 Å². The molecule has 11 aromatic carbocycles. The van der Waals surface area contributed by atoms with Crippen LogP contribution in [0.5, 0.6) is 0 Å². The number of fused-ring (bicyclic) bond motifs is 15. The van der Waals surface area contributed by atoms with Crippen LogP contribution in [0.1, 0.15) is 22.3 Å². The van der Waals surface area contributed by atoms with Crippen LogP contribution in [0.15, 0.2) is 227 Å². The summed E-state index contributed by atoms with van der Waals surface area (Å²) in [4.78, 5) is 0. The van der Waals surface area contributed by atoms with Gasteiger partial charge >= 0.3 is 0 Å². The molecule has 2 nitrogen and oxygen atoms in total. The molecule has 292 valence electrons. The Morgan fingerprint density at radius 3 is 1.32 bits per heavy atom. The Balaban J connectivity index is 0.960. The van der Waals surface area contributed by atoms with Crippen LogP contribution in [0, 0.1) is 0 Å². The van der Waals surface area contributed by atoms with Gasteiger partial charge in [-0.2, -0.15) is 0 Å². The van der Waals surface area contributed by atoms with Gasteiger partial charge in [0.1, 0.15) is 22.3 Å². The first-order valence-electron chi connectivity index (χ1n) is 21.7. The smallest absolute Gasteiger partial charge is 0.143 e. The number of hydrogen-bond donors (Lipinski definition) is 0. The average molecular weight is 801 g/mol. The summed E-state index contributed by atoms with van der Waals surface area (Å²) < 4.78 is 13.3. The van der Waals surface area contributed by atoms with Crippen LogP contribution in [0.2, 0.25) is 0 Å². The molecule has 0 amide bonds. The van der Waals surface area contributed by atoms with Crippen LogP contribution in [-0.2, 0) is 5.41 Å². The van der Waals surface area contributed by atoms with Crippen LogP contribution >= 0.6 is 0 Å². The molecule has 13 aromatic rings. The summed E-state index contributed by atoms with van der Waals surface area (Å²) in [5, 5.41) is 11.7. The number of furan rings is 2. The van der Waals surface area contributed by atoms with E-state index in [2.05, 4.69) is 218 Å². The predicted molar refractivity (Wildman–Crippen MR) is 262 cm³/mol. The summed E-state index contributed by atoms with van der Waals surface area (Å²) in [5.41, 5.74) is 15.3. The van der Waals surface area contributed by atoms with E-state index in [0.717, 1.165) is 76.9 Å². The fraction of sp³-hybridized carbons (Fsp3) is 0.0164. The highest BCUT2D eigenvalue weighted by Gasteiger charge is 2.47. The zero-order valence-corrected chi connectivity index (χ0v) is 34.1. The van der Waals surface area contributed by atoms with Gasteiger partial charge in [-0.15, -0.1) is 0 Å². The van der Waals surface area contributed by atoms with Gasteiger partial charge in [0.05, 0.1) is 5.41 Å². The summed E-state index contributed by atoms with van der Waals surface area (Å²) >= 11 is 0. The molecule has 0 N–H and O–H groups in total. The predicted octanol–water partition coefficient (Wildman–Crippen LogP) is 16.6. The van der Waals surface area contributed by atoms with E-state index in [0.29, 0.717) is 0 Å². The van der Waals surface area contributed by atoms with Crippen LogP contribution in [0.4, 0.5) is 0 Å². The van der Waals surface area contributed by atoms with Crippen molar-refractivity contribution in [2.45, 2.75) is 5.41 Å². The van der Waals surface area contributed by atoms with Gasteiger partial charge in [0, 0.05) is 32.3 Å². The van der Waals surface area contributed by atoms with Gasteiger partial charge in [-0.3, -0.25) is 0 Å². The van der Waals surface area contributed by atoms with Crippen molar-refractivity contribution >= 4 is 76.2 Å². The fourth-order valence-electron chi connectivity index (χ4n) is 11.1. The van der Waals surface area contributed by atoms with Crippen LogP contribution in [0.25, 0.3) is 110 Å². The summed E-state index contributed by atoms with van der Waals surface area (Å²) in [6.07, 6.45) is 0. The Hall–Kier alpha value is -8.20. The zero-order valence-electron chi connectivity index (χ0n) is 34.1. The molecule has 0 radical (unpaired) electrons. The molecule has 1 aliphatic carbocycles. The highest BCUT2D eigenvalue weighted by atomic mass is 16.3. The molecule has 0 unspecified atom stereocenters. The Labute approximate surface area is 362 Å². The summed E-state index contributed by atoms with van der Waals surface area (Å²) in [7, 11) is 0. The van der Waals surface area contributed by atoms with E-state index in [1.165, 1.54) is 54.9 Å². The van der Waals surface area contributed by atoms with Crippen molar-refractivity contribution in [2.24, 2.45) is 0 Å². The molecule has 0 fully saturated rings. The minimum atomic E-state index is -0.581. The molecule has 14 rings (SSSR count). The van der Waals surface area contributed by atoms with Crippen molar-refractivity contribution in [3.05, 3.63) is 241 Å². The maximum Gasteiger partial charge on any atom is 0.143 e. The Morgan fingerprint density at radius 1 is 0.286 bits per heavy atom. The molecular weight excluding hydrogens is 765 g/mol. The van der Waals surface area contributed by atoms with Gasteiger partial charge in [-0.1, -0.05) is 170 Å². The molecule has 0 saturated carbocycles. The zero-order chi connectivity index (χ0) is 41.2. The van der Waals surface area contributed by atoms with Gasteiger partial charge in [-0.25, -0.2) is 0 Å². The van der Waals surface area contributed by atoms with Crippen molar-refractivity contribution in [2.75, 3.05) is 0 Å². The van der Waals surface area contributed by atoms with Gasteiger partial charge < -0.3 is 8.83 Å². The highest BCUT2D eigenvalue weighted by molar-refractivity contribution is 6.17. The number of hydrogen-bond acceptors (Lipinski definition) is 2. The molecular formula is C61H36O2. The third-order valence-electron chi connectivity index (χ3n) is 13.9. The molecule has 2 heteroatoms. The SMILES string of the molecule is c1ccc(C2(c3ccccc3)c3cc(-c4ccc5c(c4)oc4c6ccccc6ccc54)ccc3-c3ccc4cc(-c5ccc6c(c5)oc5c7ccccc7ccc65)ccc4c32)cc1. The maximum absolute atomic E-state index is 6.69. The second-order valence-electron chi connectivity index (χ2n) is 17.1. The minimum absolute atomic E-state index is 0.581. The lowest BCUT2D eigenvalue weighted by molar-refractivity contribution is 0.672. The van der Waals surface area contributed by atoms with Gasteiger partial charge in [-0.05, 0) is 126 Å². The fourth-order valence-corrected chi connectivity index (χ4v) is 11.1. The maximum atomic E-state index is 6.69. The number of benzene rings is 11. The standard InChI is InChI=1S/C61H36O2/c1-3-13-44(14-4-1)61(45-15-5-2-6-16-45)55-34-40(42-24-29-51-54-32-20-38-12-8-10-18-48(38)60(54)63-57(51)36-42)22-27-49(55)52-30-25-43-33-39(21-26-46(43)58(52)61)41-23-28-50-53-31-19-37-11-7-9-17-47(37)59(53)62-56(50)35-41/h1-36H. The molecule has 1 aliphatic rings. The summed E-state index contributed by atoms with van der Waals surface area (Å²) in [6, 6.07) is 80.0. The van der Waals surface area contributed by atoms with E-state index in [1.54, 1.807) is 0 Å². The van der Waals surface area contributed by atoms with E-state index in [-0.39, 0.29) is 0 Å². The average Bonchev–Trinajstić information content (AvgIpc) is 4.02. The molecule has 2 aromatic heterocycles. The Kier molecular flexibility index (Phi) is 7.07. The lowest BCUT2D eigenvalue weighted by Crippen LogP contribution is -2.28. The monoisotopic (exact) mass is 800 g/mol. The highest BCUT2D eigenvalue weighted by Crippen LogP contribution is 2.59. The van der Waals surface area contributed by atoms with E-state index in [9.17, 15) is 0 Å². The van der Waals surface area contributed by atoms with Crippen LogP contribution < -0.4 is 0 Å². The van der Waals surface area contributed by atoms with Crippen molar-refractivity contribution < 1.29 is 8.83 Å². The summed E-state index contributed by atoms with van der Waals surface area (Å²) in [6.45, 7) is 0. The van der Waals surface area contributed by atoms with Gasteiger partial charge in [0.25, 0.3) is 0 Å². The minimum Gasteiger partial charge on any atom is -0.455 e. The van der Waals surface area contributed by atoms with E-state index in [4.69, 9.17) is 8.83 Å². The second-order valence-corrected chi connectivity index (χ2v) is 17.1. The van der Waals surface area contributed by atoms with E-state index < -0.39 is 5.41 Å². The largest absolute Gasteiger partial charge is 0.455 e. The third-order valence-corrected chi connectivity index (χ3v) is 13.9. The topological polar surface area (TPSA) is 26.3 Å². The Bertz CT molecular complexity index is 3980. The lowest BCUT2D eigenvalue weighted by atomic mass is 9.66. The van der Waals surface area contributed by atoms with Crippen molar-refractivity contribution in [1.29, 1.82) is 0 Å². The first kappa shape index (κ1) is 34.5. The molecule has 63 heavy (non-hydrogen) atoms. The third kappa shape index (κ3) is 4.83. The quantitative estimate of drug-likeness (QED) is 0.177. The molecule has 0 aliphatic heterocycles. The normalized spacial score (nSPS) is 13.2. The molecule has 0 atom stereocenters. The van der Waals surface area contributed by atoms with Gasteiger partial charge in [0.15, 0.2) is 0 Å². The summed E-state index contributed by atoms with van der Waals surface area (Å²) in [5.74, 6) is 0. The number of rotatable bonds is 4. The lowest BCUT2D eigenvalue weighted by Gasteiger charge is -2.35. The van der Waals surface area contributed by atoms with Crippen molar-refractivity contribution in [3.8, 4) is 33.4 Å². The molecule has 0 saturated heterocycles. The second kappa shape index (κ2) is 12.9. The molecule has 2 heterocycles. The van der Waals surface area contributed by atoms with Gasteiger partial charge in [0.2, 0.25) is 0 Å². The Morgan fingerprint density at radius 2 is 0.730 bits per heavy atom. The first-order chi connectivity index (χ1) is 31.2. The van der Waals surface area contributed by atoms with Crippen molar-refractivity contribution in [1.82, 2.24) is 0 Å². The van der Waals surface area contributed by atoms with Crippen LogP contribution in [0.3, 0.4) is 0 Å². The van der Waals surface area contributed by atoms with Crippen LogP contribution in [-0.4, -0.2) is 0 Å². The first-order valence-corrected chi connectivity index (χ1v) is 21.7.